The van der Waals surface area contributed by atoms with Gasteiger partial charge >= 0.3 is 0 Å². The molecule has 0 unspecified atom stereocenters. The van der Waals surface area contributed by atoms with Crippen LogP contribution in [0.25, 0.3) is 33.5 Å². The lowest BCUT2D eigenvalue weighted by Crippen LogP contribution is -2.42. The summed E-state index contributed by atoms with van der Waals surface area (Å²) in [6.07, 6.45) is 4.11. The average Bonchev–Trinajstić information content (AvgIpc) is 3.54. The lowest BCUT2D eigenvalue weighted by molar-refractivity contribution is 0.459. The Hall–Kier alpha value is -3.46. The molecule has 0 aliphatic carbocycles. The summed E-state index contributed by atoms with van der Waals surface area (Å²) in [6.45, 7) is 5.88. The molecule has 2 N–H and O–H groups in total. The van der Waals surface area contributed by atoms with Gasteiger partial charge in [0, 0.05) is 46.2 Å². The molecule has 0 aliphatic rings. The number of fused-ring (bicyclic) bond motifs is 1. The van der Waals surface area contributed by atoms with E-state index in [1.54, 1.807) is 6.20 Å². The molecule has 5 aromatic rings. The highest BCUT2D eigenvalue weighted by molar-refractivity contribution is 7.90. The summed E-state index contributed by atoms with van der Waals surface area (Å²) in [7, 11) is 0. The number of aromatic nitrogens is 4. The van der Waals surface area contributed by atoms with Gasteiger partial charge in [0.05, 0.1) is 17.9 Å². The molecule has 0 saturated carbocycles. The van der Waals surface area contributed by atoms with E-state index in [2.05, 4.69) is 26.1 Å². The van der Waals surface area contributed by atoms with Crippen molar-refractivity contribution in [3.8, 4) is 22.5 Å². The Morgan fingerprint density at radius 2 is 1.83 bits per heavy atom. The molecule has 0 saturated heterocycles. The molecule has 3 heterocycles. The summed E-state index contributed by atoms with van der Waals surface area (Å²) in [5, 5.41) is 12.2. The highest BCUT2D eigenvalue weighted by Gasteiger charge is 2.31. The molecule has 0 bridgehead atoms. The molecule has 0 spiro atoms. The number of rotatable bonds is 7. The van der Waals surface area contributed by atoms with Crippen molar-refractivity contribution in [3.05, 3.63) is 90.4 Å². The quantitative estimate of drug-likeness (QED) is 0.290. The Labute approximate surface area is 207 Å². The summed E-state index contributed by atoms with van der Waals surface area (Å²) in [4.78, 5) is 4.86. The molecule has 3 aromatic heterocycles. The third-order valence-electron chi connectivity index (χ3n) is 5.79. The molecule has 0 radical (unpaired) electrons. The highest BCUT2D eigenvalue weighted by Crippen LogP contribution is 2.35. The number of para-hydroxylation sites is 1. The molecule has 5 rings (SSSR count). The Morgan fingerprint density at radius 3 is 2.63 bits per heavy atom. The normalized spacial score (nSPS) is 13.7. The van der Waals surface area contributed by atoms with Gasteiger partial charge in [-0.2, -0.15) is 5.10 Å². The number of H-pyrrole nitrogens is 1. The zero-order valence-corrected chi connectivity index (χ0v) is 20.7. The fourth-order valence-electron chi connectivity index (χ4n) is 3.97. The molecule has 7 nitrogen and oxygen atoms in total. The van der Waals surface area contributed by atoms with E-state index in [1.807, 2.05) is 87.6 Å². The van der Waals surface area contributed by atoms with E-state index in [4.69, 9.17) is 9.51 Å². The first kappa shape index (κ1) is 23.3. The van der Waals surface area contributed by atoms with Crippen molar-refractivity contribution in [1.29, 1.82) is 0 Å². The summed E-state index contributed by atoms with van der Waals surface area (Å²) >= 11 is -1.30. The summed E-state index contributed by atoms with van der Waals surface area (Å²) in [6, 6.07) is 21.5. The summed E-state index contributed by atoms with van der Waals surface area (Å²) in [5.41, 5.74) is 6.06. The van der Waals surface area contributed by atoms with Crippen LogP contribution in [0.5, 0.6) is 0 Å². The number of hydrogen-bond acceptors (Lipinski definition) is 6. The zero-order chi connectivity index (χ0) is 24.4. The van der Waals surface area contributed by atoms with Crippen molar-refractivity contribution >= 4 is 22.3 Å². The van der Waals surface area contributed by atoms with Gasteiger partial charge in [-0.05, 0) is 50.6 Å². The minimum Gasteiger partial charge on any atom is -0.598 e. The number of pyridine rings is 1. The Bertz CT molecular complexity index is 1430. The number of nitrogens with zero attached hydrogens (tertiary/aromatic N) is 3. The van der Waals surface area contributed by atoms with E-state index in [0.29, 0.717) is 6.42 Å². The van der Waals surface area contributed by atoms with Gasteiger partial charge in [-0.15, -0.1) is 4.72 Å². The third-order valence-corrected chi connectivity index (χ3v) is 7.40. The van der Waals surface area contributed by atoms with Crippen molar-refractivity contribution in [1.82, 2.24) is 25.1 Å². The van der Waals surface area contributed by atoms with Crippen LogP contribution in [0.3, 0.4) is 0 Å². The summed E-state index contributed by atoms with van der Waals surface area (Å²) < 4.78 is 21.8. The standard InChI is InChI=1S/C27H27N5O2S/c1-27(2,3)35(33)32-24(15-19-9-8-13-23(30-19)18-16-28-29-17-18)20-10-4-5-11-21(20)26-22-12-6-7-14-25(22)34-31-26/h4-14,16-17,24,32H,15H2,1-3H3,(H,28,29)/t24-,35-/m0/s1. The second kappa shape index (κ2) is 9.65. The van der Waals surface area contributed by atoms with Crippen LogP contribution >= 0.6 is 0 Å². The minimum absolute atomic E-state index is 0.270. The largest absolute Gasteiger partial charge is 0.598 e. The fourth-order valence-corrected chi connectivity index (χ4v) is 4.79. The van der Waals surface area contributed by atoms with Crippen molar-refractivity contribution < 1.29 is 9.08 Å². The molecule has 2 aromatic carbocycles. The maximum atomic E-state index is 13.2. The predicted molar refractivity (Wildman–Crippen MR) is 139 cm³/mol. The first-order valence-corrected chi connectivity index (χ1v) is 12.6. The number of benzene rings is 2. The maximum Gasteiger partial charge on any atom is 0.167 e. The number of hydrogen-bond donors (Lipinski definition) is 2. The van der Waals surface area contributed by atoms with Gasteiger partial charge in [-0.25, -0.2) is 0 Å². The number of nitrogens with one attached hydrogen (secondary N) is 2. The first-order chi connectivity index (χ1) is 16.9. The topological polar surface area (TPSA) is 103 Å². The van der Waals surface area contributed by atoms with Crippen molar-refractivity contribution in [2.45, 2.75) is 38.0 Å². The average molecular weight is 486 g/mol. The van der Waals surface area contributed by atoms with Crippen LogP contribution in [-0.2, 0) is 17.8 Å². The SMILES string of the molecule is CC(C)(C)[S@+]([O-])N[C@@H](Cc1cccc(-c2cn[nH]c2)n1)c1ccccc1-c1noc2ccccc12. The van der Waals surface area contributed by atoms with E-state index in [-0.39, 0.29) is 6.04 Å². The molecular formula is C27H27N5O2S. The second-order valence-corrected chi connectivity index (χ2v) is 11.4. The van der Waals surface area contributed by atoms with E-state index in [9.17, 15) is 4.55 Å². The molecule has 0 amide bonds. The van der Waals surface area contributed by atoms with Crippen LogP contribution in [0.15, 0.2) is 83.6 Å². The van der Waals surface area contributed by atoms with Gasteiger partial charge in [0.15, 0.2) is 5.58 Å². The van der Waals surface area contributed by atoms with Crippen molar-refractivity contribution in [3.63, 3.8) is 0 Å². The zero-order valence-electron chi connectivity index (χ0n) is 19.9. The van der Waals surface area contributed by atoms with Crippen LogP contribution < -0.4 is 4.72 Å². The highest BCUT2D eigenvalue weighted by atomic mass is 32.2. The van der Waals surface area contributed by atoms with E-state index >= 15 is 0 Å². The lowest BCUT2D eigenvalue weighted by atomic mass is 9.94. The van der Waals surface area contributed by atoms with Crippen molar-refractivity contribution in [2.24, 2.45) is 0 Å². The molecule has 8 heteroatoms. The van der Waals surface area contributed by atoms with Gasteiger partial charge in [0.2, 0.25) is 0 Å². The molecule has 0 aliphatic heterocycles. The van der Waals surface area contributed by atoms with E-state index in [1.165, 1.54) is 0 Å². The van der Waals surface area contributed by atoms with Gasteiger partial charge in [-0.3, -0.25) is 10.1 Å². The Kier molecular flexibility index (Phi) is 6.42. The Morgan fingerprint density at radius 1 is 1.03 bits per heavy atom. The lowest BCUT2D eigenvalue weighted by Gasteiger charge is -2.29. The third kappa shape index (κ3) is 5.00. The van der Waals surface area contributed by atoms with Crippen molar-refractivity contribution in [2.75, 3.05) is 0 Å². The fraction of sp³-hybridized carbons (Fsp3) is 0.222. The van der Waals surface area contributed by atoms with Crippen LogP contribution in [0, 0.1) is 0 Å². The van der Waals surface area contributed by atoms with Gasteiger partial charge in [0.25, 0.3) is 0 Å². The smallest absolute Gasteiger partial charge is 0.167 e. The monoisotopic (exact) mass is 485 g/mol. The molecule has 35 heavy (non-hydrogen) atoms. The van der Waals surface area contributed by atoms with Gasteiger partial charge < -0.3 is 9.08 Å². The molecule has 2 atom stereocenters. The molecule has 178 valence electrons. The Balaban J connectivity index is 1.57. The van der Waals surface area contributed by atoms with Crippen LogP contribution in [0.1, 0.15) is 38.1 Å². The molecule has 0 fully saturated rings. The van der Waals surface area contributed by atoms with E-state index in [0.717, 1.165) is 44.7 Å². The minimum atomic E-state index is -1.30. The number of aromatic amines is 1. The predicted octanol–water partition coefficient (Wildman–Crippen LogP) is 5.62. The van der Waals surface area contributed by atoms with Crippen LogP contribution in [0.2, 0.25) is 0 Å². The van der Waals surface area contributed by atoms with Crippen LogP contribution in [0.4, 0.5) is 0 Å². The first-order valence-electron chi connectivity index (χ1n) is 11.5. The van der Waals surface area contributed by atoms with Crippen LogP contribution in [-0.4, -0.2) is 29.6 Å². The second-order valence-electron chi connectivity index (χ2n) is 9.37. The van der Waals surface area contributed by atoms with E-state index < -0.39 is 16.1 Å². The molecular weight excluding hydrogens is 458 g/mol. The maximum absolute atomic E-state index is 13.2. The van der Waals surface area contributed by atoms with Gasteiger partial charge in [0.1, 0.15) is 10.4 Å². The summed E-state index contributed by atoms with van der Waals surface area (Å²) in [5.74, 6) is 0. The van der Waals surface area contributed by atoms with Gasteiger partial charge in [-0.1, -0.05) is 47.6 Å².